The summed E-state index contributed by atoms with van der Waals surface area (Å²) in [7, 11) is 1.95. The highest BCUT2D eigenvalue weighted by molar-refractivity contribution is 7.14. The summed E-state index contributed by atoms with van der Waals surface area (Å²) >= 11 is 1.68. The van der Waals surface area contributed by atoms with E-state index in [1.165, 1.54) is 16.7 Å². The lowest BCUT2D eigenvalue weighted by molar-refractivity contribution is 0.779. The van der Waals surface area contributed by atoms with Crippen LogP contribution in [0, 0.1) is 13.8 Å². The molecule has 0 aliphatic rings. The Morgan fingerprint density at radius 2 is 1.82 bits per heavy atom. The van der Waals surface area contributed by atoms with Gasteiger partial charge in [0.1, 0.15) is 10.0 Å². The molecule has 1 heterocycles. The van der Waals surface area contributed by atoms with Gasteiger partial charge in [-0.1, -0.05) is 28.5 Å². The van der Waals surface area contributed by atoms with Gasteiger partial charge in [-0.3, -0.25) is 0 Å². The van der Waals surface area contributed by atoms with Crippen LogP contribution in [0.1, 0.15) is 16.1 Å². The Morgan fingerprint density at radius 3 is 2.47 bits per heavy atom. The van der Waals surface area contributed by atoms with Gasteiger partial charge < -0.3 is 5.32 Å². The maximum Gasteiger partial charge on any atom is 0.147 e. The van der Waals surface area contributed by atoms with Crippen molar-refractivity contribution in [3.05, 3.63) is 34.3 Å². The molecule has 1 aromatic heterocycles. The summed E-state index contributed by atoms with van der Waals surface area (Å²) in [5.41, 5.74) is 3.72. The number of hydrogen-bond acceptors (Lipinski definition) is 4. The van der Waals surface area contributed by atoms with Crippen molar-refractivity contribution in [3.63, 3.8) is 0 Å². The van der Waals surface area contributed by atoms with Crippen LogP contribution in [0.3, 0.4) is 0 Å². The van der Waals surface area contributed by atoms with Gasteiger partial charge in [0.25, 0.3) is 0 Å². The zero-order valence-electron chi connectivity index (χ0n) is 10.4. The van der Waals surface area contributed by atoms with E-state index in [0.717, 1.165) is 23.0 Å². The van der Waals surface area contributed by atoms with Crippen molar-refractivity contribution in [2.75, 3.05) is 13.6 Å². The van der Waals surface area contributed by atoms with Crippen LogP contribution in [0.2, 0.25) is 0 Å². The highest BCUT2D eigenvalue weighted by atomic mass is 32.1. The van der Waals surface area contributed by atoms with Gasteiger partial charge in [0.05, 0.1) is 0 Å². The van der Waals surface area contributed by atoms with Gasteiger partial charge in [0.2, 0.25) is 0 Å². The third-order valence-corrected chi connectivity index (χ3v) is 3.56. The molecule has 2 aromatic rings. The summed E-state index contributed by atoms with van der Waals surface area (Å²) in [6, 6.07) is 6.50. The molecule has 0 atom stereocenters. The van der Waals surface area contributed by atoms with Crippen LogP contribution in [0.4, 0.5) is 0 Å². The molecular weight excluding hydrogens is 230 g/mol. The van der Waals surface area contributed by atoms with E-state index < -0.39 is 0 Å². The lowest BCUT2D eigenvalue weighted by atomic mass is 10.1. The van der Waals surface area contributed by atoms with E-state index in [1.54, 1.807) is 11.3 Å². The first-order valence-corrected chi connectivity index (χ1v) is 6.56. The monoisotopic (exact) mass is 247 g/mol. The van der Waals surface area contributed by atoms with Crippen molar-refractivity contribution >= 4 is 11.3 Å². The molecule has 0 fully saturated rings. The first-order chi connectivity index (χ1) is 8.19. The number of aryl methyl sites for hydroxylation is 2. The van der Waals surface area contributed by atoms with Crippen molar-refractivity contribution in [3.8, 4) is 10.6 Å². The first kappa shape index (κ1) is 12.2. The Hall–Kier alpha value is -1.26. The minimum Gasteiger partial charge on any atom is -0.319 e. The Bertz CT molecular complexity index is 485. The van der Waals surface area contributed by atoms with Crippen LogP contribution in [0.25, 0.3) is 10.6 Å². The van der Waals surface area contributed by atoms with Crippen LogP contribution in [-0.2, 0) is 6.42 Å². The second-order valence-electron chi connectivity index (χ2n) is 4.23. The van der Waals surface area contributed by atoms with Gasteiger partial charge in [0.15, 0.2) is 0 Å². The van der Waals surface area contributed by atoms with Crippen molar-refractivity contribution < 1.29 is 0 Å². The summed E-state index contributed by atoms with van der Waals surface area (Å²) in [6.45, 7) is 5.17. The quantitative estimate of drug-likeness (QED) is 0.902. The Labute approximate surface area is 106 Å². The van der Waals surface area contributed by atoms with E-state index >= 15 is 0 Å². The van der Waals surface area contributed by atoms with Crippen LogP contribution in [0.5, 0.6) is 0 Å². The third-order valence-electron chi connectivity index (χ3n) is 2.52. The number of nitrogens with one attached hydrogen (secondary N) is 1. The average Bonchev–Trinajstić information content (AvgIpc) is 2.73. The van der Waals surface area contributed by atoms with E-state index in [9.17, 15) is 0 Å². The molecule has 4 heteroatoms. The van der Waals surface area contributed by atoms with E-state index in [-0.39, 0.29) is 0 Å². The van der Waals surface area contributed by atoms with Crippen LogP contribution in [-0.4, -0.2) is 23.8 Å². The Morgan fingerprint density at radius 1 is 1.12 bits per heavy atom. The van der Waals surface area contributed by atoms with Gasteiger partial charge in [-0.05, 0) is 33.0 Å². The van der Waals surface area contributed by atoms with E-state index in [1.807, 2.05) is 7.05 Å². The summed E-state index contributed by atoms with van der Waals surface area (Å²) in [6.07, 6.45) is 0.943. The fourth-order valence-corrected chi connectivity index (χ4v) is 2.63. The van der Waals surface area contributed by atoms with Crippen molar-refractivity contribution in [1.82, 2.24) is 15.5 Å². The predicted molar refractivity (Wildman–Crippen MR) is 72.4 cm³/mol. The van der Waals surface area contributed by atoms with Gasteiger partial charge >= 0.3 is 0 Å². The van der Waals surface area contributed by atoms with Gasteiger partial charge in [-0.15, -0.1) is 10.2 Å². The fourth-order valence-electron chi connectivity index (χ4n) is 1.80. The highest BCUT2D eigenvalue weighted by Crippen LogP contribution is 2.25. The second-order valence-corrected chi connectivity index (χ2v) is 5.29. The highest BCUT2D eigenvalue weighted by Gasteiger charge is 2.07. The molecule has 0 aliphatic carbocycles. The fraction of sp³-hybridized carbons (Fsp3) is 0.385. The molecule has 0 saturated carbocycles. The molecule has 2 rings (SSSR count). The molecule has 90 valence electrons. The molecule has 3 nitrogen and oxygen atoms in total. The van der Waals surface area contributed by atoms with Gasteiger partial charge in [-0.2, -0.15) is 0 Å². The normalized spacial score (nSPS) is 10.8. The largest absolute Gasteiger partial charge is 0.319 e. The third kappa shape index (κ3) is 3.11. The first-order valence-electron chi connectivity index (χ1n) is 5.74. The van der Waals surface area contributed by atoms with Crippen LogP contribution >= 0.6 is 11.3 Å². The molecule has 0 spiro atoms. The number of rotatable bonds is 4. The minimum atomic E-state index is 0.943. The van der Waals surface area contributed by atoms with E-state index in [2.05, 4.69) is 47.6 Å². The molecule has 1 aromatic carbocycles. The average molecular weight is 247 g/mol. The Balaban J connectivity index is 2.24. The molecule has 0 bridgehead atoms. The van der Waals surface area contributed by atoms with Crippen molar-refractivity contribution in [2.24, 2.45) is 0 Å². The Kier molecular flexibility index (Phi) is 3.86. The lowest BCUT2D eigenvalue weighted by Crippen LogP contribution is -2.09. The SMILES string of the molecule is CNCCc1nnc(-c2cc(C)cc(C)c2)s1. The number of likely N-dealkylation sites (N-methyl/N-ethyl adjacent to an activating group) is 1. The number of nitrogens with zero attached hydrogens (tertiary/aromatic N) is 2. The molecule has 1 N–H and O–H groups in total. The molecule has 0 unspecified atom stereocenters. The standard InChI is InChI=1S/C13H17N3S/c1-9-6-10(2)8-11(7-9)13-16-15-12(17-13)4-5-14-3/h6-8,14H,4-5H2,1-3H3. The maximum absolute atomic E-state index is 4.26. The van der Waals surface area contributed by atoms with E-state index in [4.69, 9.17) is 0 Å². The van der Waals surface area contributed by atoms with Gasteiger partial charge in [0, 0.05) is 18.5 Å². The summed E-state index contributed by atoms with van der Waals surface area (Å²) in [5, 5.41) is 13.7. The number of aromatic nitrogens is 2. The second kappa shape index (κ2) is 5.38. The van der Waals surface area contributed by atoms with Crippen molar-refractivity contribution in [2.45, 2.75) is 20.3 Å². The maximum atomic E-state index is 4.26. The van der Waals surface area contributed by atoms with Gasteiger partial charge in [-0.25, -0.2) is 0 Å². The summed E-state index contributed by atoms with van der Waals surface area (Å²) < 4.78 is 0. The number of benzene rings is 1. The molecule has 0 aliphatic heterocycles. The van der Waals surface area contributed by atoms with E-state index in [0.29, 0.717) is 0 Å². The predicted octanol–water partition coefficient (Wildman–Crippen LogP) is 2.58. The smallest absolute Gasteiger partial charge is 0.147 e. The lowest BCUT2D eigenvalue weighted by Gasteiger charge is -2.00. The summed E-state index contributed by atoms with van der Waals surface area (Å²) in [4.78, 5) is 0. The molecule has 17 heavy (non-hydrogen) atoms. The molecular formula is C13H17N3S. The van der Waals surface area contributed by atoms with Crippen LogP contribution in [0.15, 0.2) is 18.2 Å². The van der Waals surface area contributed by atoms with Crippen molar-refractivity contribution in [1.29, 1.82) is 0 Å². The minimum absolute atomic E-state index is 0.943. The molecule has 0 saturated heterocycles. The topological polar surface area (TPSA) is 37.8 Å². The molecule has 0 radical (unpaired) electrons. The zero-order chi connectivity index (χ0) is 12.3. The molecule has 0 amide bonds. The number of hydrogen-bond donors (Lipinski definition) is 1. The van der Waals surface area contributed by atoms with Crippen LogP contribution < -0.4 is 5.32 Å². The zero-order valence-corrected chi connectivity index (χ0v) is 11.3. The summed E-state index contributed by atoms with van der Waals surface area (Å²) in [5.74, 6) is 0.